The molecule has 1 aromatic heterocycles. The zero-order valence-electron chi connectivity index (χ0n) is 11.4. The van der Waals surface area contributed by atoms with Gasteiger partial charge in [0, 0.05) is 16.8 Å². The van der Waals surface area contributed by atoms with E-state index >= 15 is 0 Å². The van der Waals surface area contributed by atoms with E-state index in [-0.39, 0.29) is 11.5 Å². The molecular weight excluding hydrogens is 294 g/mol. The van der Waals surface area contributed by atoms with Crippen molar-refractivity contribution < 1.29 is 13.5 Å². The lowest BCUT2D eigenvalue weighted by molar-refractivity contribution is 0.285. The highest BCUT2D eigenvalue weighted by atomic mass is 32.2. The van der Waals surface area contributed by atoms with Crippen molar-refractivity contribution in [3.05, 3.63) is 46.2 Å². The lowest BCUT2D eigenvalue weighted by Gasteiger charge is -2.23. The fourth-order valence-electron chi connectivity index (χ4n) is 2.02. The Balaban J connectivity index is 2.48. The standard InChI is InChI=1S/C14H17NO3S2/c1-3-15(14-7-5-4-6-11(14)2)20(17,18)13-8-12(9-16)19-10-13/h4-8,10,16H,3,9H2,1-2H3. The summed E-state index contributed by atoms with van der Waals surface area (Å²) in [5.41, 5.74) is 1.60. The molecule has 0 spiro atoms. The molecule has 0 fully saturated rings. The van der Waals surface area contributed by atoms with Gasteiger partial charge in [0.25, 0.3) is 10.0 Å². The van der Waals surface area contributed by atoms with Gasteiger partial charge >= 0.3 is 0 Å². The SMILES string of the molecule is CCN(c1ccccc1C)S(=O)(=O)c1csc(CO)c1. The van der Waals surface area contributed by atoms with Crippen molar-refractivity contribution in [1.82, 2.24) is 0 Å². The van der Waals surface area contributed by atoms with Crippen LogP contribution in [0.15, 0.2) is 40.6 Å². The van der Waals surface area contributed by atoms with Crippen LogP contribution < -0.4 is 4.31 Å². The maximum absolute atomic E-state index is 12.7. The fourth-order valence-corrected chi connectivity index (χ4v) is 4.68. The molecule has 4 nitrogen and oxygen atoms in total. The van der Waals surface area contributed by atoms with Crippen molar-refractivity contribution in [3.63, 3.8) is 0 Å². The Kier molecular flexibility index (Phi) is 4.47. The van der Waals surface area contributed by atoms with Crippen LogP contribution in [0.2, 0.25) is 0 Å². The third kappa shape index (κ3) is 2.72. The van der Waals surface area contributed by atoms with E-state index in [9.17, 15) is 8.42 Å². The van der Waals surface area contributed by atoms with E-state index in [1.165, 1.54) is 21.7 Å². The third-order valence-electron chi connectivity index (χ3n) is 3.04. The molecule has 108 valence electrons. The number of sulfonamides is 1. The number of hydrogen-bond acceptors (Lipinski definition) is 4. The van der Waals surface area contributed by atoms with E-state index in [0.717, 1.165) is 5.56 Å². The summed E-state index contributed by atoms with van der Waals surface area (Å²) >= 11 is 1.25. The summed E-state index contributed by atoms with van der Waals surface area (Å²) in [4.78, 5) is 0.876. The second kappa shape index (κ2) is 5.95. The van der Waals surface area contributed by atoms with Gasteiger partial charge in [-0.15, -0.1) is 11.3 Å². The van der Waals surface area contributed by atoms with Gasteiger partial charge in [-0.3, -0.25) is 4.31 Å². The maximum Gasteiger partial charge on any atom is 0.265 e. The van der Waals surface area contributed by atoms with Crippen molar-refractivity contribution in [1.29, 1.82) is 0 Å². The molecule has 0 aliphatic carbocycles. The number of thiophene rings is 1. The second-order valence-corrected chi connectivity index (χ2v) is 7.22. The average Bonchev–Trinajstić information content (AvgIpc) is 2.91. The molecule has 1 heterocycles. The molecule has 0 saturated heterocycles. The molecule has 2 aromatic rings. The minimum absolute atomic E-state index is 0.142. The smallest absolute Gasteiger partial charge is 0.265 e. The highest BCUT2D eigenvalue weighted by Gasteiger charge is 2.25. The minimum atomic E-state index is -3.58. The van der Waals surface area contributed by atoms with Crippen LogP contribution in [0.1, 0.15) is 17.4 Å². The van der Waals surface area contributed by atoms with E-state index in [4.69, 9.17) is 5.11 Å². The maximum atomic E-state index is 12.7. The number of rotatable bonds is 5. The number of aliphatic hydroxyl groups excluding tert-OH is 1. The van der Waals surface area contributed by atoms with Crippen molar-refractivity contribution in [3.8, 4) is 0 Å². The molecule has 0 bridgehead atoms. The van der Waals surface area contributed by atoms with Crippen molar-refractivity contribution in [2.45, 2.75) is 25.3 Å². The van der Waals surface area contributed by atoms with E-state index in [2.05, 4.69) is 0 Å². The number of nitrogens with zero attached hydrogens (tertiary/aromatic N) is 1. The first-order valence-electron chi connectivity index (χ1n) is 6.27. The number of aliphatic hydroxyl groups is 1. The van der Waals surface area contributed by atoms with E-state index < -0.39 is 10.0 Å². The Hall–Kier alpha value is -1.37. The van der Waals surface area contributed by atoms with Gasteiger partial charge in [0.15, 0.2) is 0 Å². The Bertz CT molecular complexity index is 692. The van der Waals surface area contributed by atoms with Crippen LogP contribution in [-0.2, 0) is 16.6 Å². The molecule has 0 saturated carbocycles. The van der Waals surface area contributed by atoms with Gasteiger partial charge in [-0.05, 0) is 31.5 Å². The summed E-state index contributed by atoms with van der Waals surface area (Å²) in [6, 6.07) is 8.93. The lowest BCUT2D eigenvalue weighted by atomic mass is 10.2. The predicted molar refractivity (Wildman–Crippen MR) is 81.6 cm³/mol. The topological polar surface area (TPSA) is 57.6 Å². The molecule has 1 N–H and O–H groups in total. The zero-order chi connectivity index (χ0) is 14.8. The Labute approximate surface area is 123 Å². The minimum Gasteiger partial charge on any atom is -0.391 e. The van der Waals surface area contributed by atoms with Crippen LogP contribution in [-0.4, -0.2) is 20.1 Å². The molecule has 2 rings (SSSR count). The van der Waals surface area contributed by atoms with E-state index in [1.807, 2.05) is 32.0 Å². The number of anilines is 1. The highest BCUT2D eigenvalue weighted by Crippen LogP contribution is 2.28. The predicted octanol–water partition coefficient (Wildman–Crippen LogP) is 2.76. The Morgan fingerprint density at radius 2 is 2.00 bits per heavy atom. The molecule has 0 amide bonds. The largest absolute Gasteiger partial charge is 0.391 e. The van der Waals surface area contributed by atoms with Gasteiger partial charge < -0.3 is 5.11 Å². The molecular formula is C14H17NO3S2. The Morgan fingerprint density at radius 3 is 2.55 bits per heavy atom. The summed E-state index contributed by atoms with van der Waals surface area (Å²) in [7, 11) is -3.58. The number of benzene rings is 1. The molecule has 20 heavy (non-hydrogen) atoms. The van der Waals surface area contributed by atoms with Crippen LogP contribution in [0.3, 0.4) is 0 Å². The van der Waals surface area contributed by atoms with Crippen LogP contribution in [0.4, 0.5) is 5.69 Å². The first-order valence-corrected chi connectivity index (χ1v) is 8.59. The summed E-state index contributed by atoms with van der Waals surface area (Å²) in [5.74, 6) is 0. The van der Waals surface area contributed by atoms with Gasteiger partial charge in [-0.1, -0.05) is 18.2 Å². The summed E-state index contributed by atoms with van der Waals surface area (Å²) < 4.78 is 26.8. The van der Waals surface area contributed by atoms with E-state index in [0.29, 0.717) is 17.1 Å². The van der Waals surface area contributed by atoms with Crippen LogP contribution in [0.5, 0.6) is 0 Å². The van der Waals surface area contributed by atoms with Crippen LogP contribution >= 0.6 is 11.3 Å². The Morgan fingerprint density at radius 1 is 1.30 bits per heavy atom. The number of para-hydroxylation sites is 1. The van der Waals surface area contributed by atoms with Gasteiger partial charge in [-0.25, -0.2) is 8.42 Å². The van der Waals surface area contributed by atoms with Crippen molar-refractivity contribution in [2.75, 3.05) is 10.8 Å². The normalized spacial score (nSPS) is 11.6. The summed E-state index contributed by atoms with van der Waals surface area (Å²) in [5, 5.41) is 10.6. The lowest BCUT2D eigenvalue weighted by Crippen LogP contribution is -2.31. The van der Waals surface area contributed by atoms with Gasteiger partial charge in [0.1, 0.15) is 0 Å². The zero-order valence-corrected chi connectivity index (χ0v) is 13.0. The van der Waals surface area contributed by atoms with Crippen molar-refractivity contribution in [2.24, 2.45) is 0 Å². The van der Waals surface area contributed by atoms with Gasteiger partial charge in [0.2, 0.25) is 0 Å². The van der Waals surface area contributed by atoms with Crippen LogP contribution in [0, 0.1) is 6.92 Å². The molecule has 6 heteroatoms. The summed E-state index contributed by atoms with van der Waals surface area (Å²) in [6.07, 6.45) is 0. The van der Waals surface area contributed by atoms with Gasteiger partial charge in [0.05, 0.1) is 17.2 Å². The monoisotopic (exact) mass is 311 g/mol. The second-order valence-electron chi connectivity index (χ2n) is 4.36. The van der Waals surface area contributed by atoms with E-state index in [1.54, 1.807) is 11.4 Å². The summed E-state index contributed by atoms with van der Waals surface area (Å²) in [6.45, 7) is 3.91. The molecule has 0 unspecified atom stereocenters. The highest BCUT2D eigenvalue weighted by molar-refractivity contribution is 7.93. The first-order chi connectivity index (χ1) is 9.50. The molecule has 1 aromatic carbocycles. The molecule has 0 aliphatic rings. The first kappa shape index (κ1) is 15.0. The average molecular weight is 311 g/mol. The number of aryl methyl sites for hydroxylation is 1. The fraction of sp³-hybridized carbons (Fsp3) is 0.286. The third-order valence-corrected chi connectivity index (χ3v) is 5.98. The van der Waals surface area contributed by atoms with Crippen molar-refractivity contribution >= 4 is 27.0 Å². The van der Waals surface area contributed by atoms with Crippen LogP contribution in [0.25, 0.3) is 0 Å². The molecule has 0 radical (unpaired) electrons. The molecule has 0 atom stereocenters. The van der Waals surface area contributed by atoms with Gasteiger partial charge in [-0.2, -0.15) is 0 Å². The quantitative estimate of drug-likeness (QED) is 0.923. The number of hydrogen-bond donors (Lipinski definition) is 1. The molecule has 0 aliphatic heterocycles.